The van der Waals surface area contributed by atoms with E-state index in [-0.39, 0.29) is 12.0 Å². The summed E-state index contributed by atoms with van der Waals surface area (Å²) in [5.74, 6) is -1.01. The van der Waals surface area contributed by atoms with Crippen molar-refractivity contribution in [3.63, 3.8) is 0 Å². The van der Waals surface area contributed by atoms with E-state index in [9.17, 15) is 4.79 Å². The third-order valence-electron chi connectivity index (χ3n) is 4.00. The van der Waals surface area contributed by atoms with Crippen molar-refractivity contribution in [3.05, 3.63) is 60.4 Å². The van der Waals surface area contributed by atoms with E-state index in [1.54, 1.807) is 6.20 Å². The van der Waals surface area contributed by atoms with Crippen LogP contribution in [0, 0.1) is 5.92 Å². The predicted molar refractivity (Wildman–Crippen MR) is 87.6 cm³/mol. The Hall–Kier alpha value is -2.53. The van der Waals surface area contributed by atoms with Crippen LogP contribution < -0.4 is 5.32 Å². The highest BCUT2D eigenvalue weighted by molar-refractivity contribution is 5.70. The maximum atomic E-state index is 11.1. The summed E-state index contributed by atoms with van der Waals surface area (Å²) in [7, 11) is 0. The van der Waals surface area contributed by atoms with Crippen molar-refractivity contribution in [2.45, 2.75) is 25.4 Å². The minimum absolute atomic E-state index is 0.0975. The van der Waals surface area contributed by atoms with Crippen molar-refractivity contribution in [2.24, 2.45) is 5.92 Å². The zero-order valence-corrected chi connectivity index (χ0v) is 12.7. The summed E-state index contributed by atoms with van der Waals surface area (Å²) >= 11 is 0. The van der Waals surface area contributed by atoms with Crippen molar-refractivity contribution in [1.29, 1.82) is 0 Å². The zero-order valence-electron chi connectivity index (χ0n) is 12.7. The highest BCUT2D eigenvalue weighted by Crippen LogP contribution is 2.19. The Bertz CT molecular complexity index is 683. The molecule has 2 aromatic rings. The normalized spacial score (nSPS) is 20.3. The Kier molecular flexibility index (Phi) is 4.78. The van der Waals surface area contributed by atoms with Crippen LogP contribution in [0.4, 0.5) is 0 Å². The topological polar surface area (TPSA) is 75.1 Å². The van der Waals surface area contributed by atoms with Gasteiger partial charge in [0.15, 0.2) is 0 Å². The first-order valence-electron chi connectivity index (χ1n) is 7.71. The van der Waals surface area contributed by atoms with Gasteiger partial charge in [-0.05, 0) is 36.6 Å². The molecule has 1 aliphatic carbocycles. The number of nitrogens with zero attached hydrogens (tertiary/aromatic N) is 2. The van der Waals surface area contributed by atoms with Gasteiger partial charge in [0.05, 0.1) is 17.3 Å². The van der Waals surface area contributed by atoms with Gasteiger partial charge < -0.3 is 10.4 Å². The number of nitrogens with one attached hydrogen (secondary N) is 1. The van der Waals surface area contributed by atoms with E-state index in [0.717, 1.165) is 17.0 Å². The number of carboxylic acids is 1. The first-order valence-corrected chi connectivity index (χ1v) is 7.71. The maximum Gasteiger partial charge on any atom is 0.306 e. The van der Waals surface area contributed by atoms with E-state index in [1.807, 2.05) is 42.6 Å². The molecule has 0 spiro atoms. The molecule has 0 saturated heterocycles. The van der Waals surface area contributed by atoms with Crippen LogP contribution in [0.1, 0.15) is 18.4 Å². The van der Waals surface area contributed by atoms with Gasteiger partial charge in [-0.1, -0.05) is 24.3 Å². The maximum absolute atomic E-state index is 11.1. The molecule has 0 aromatic carbocycles. The highest BCUT2D eigenvalue weighted by atomic mass is 16.4. The van der Waals surface area contributed by atoms with Crippen LogP contribution in [0.25, 0.3) is 11.4 Å². The number of hydrogen-bond acceptors (Lipinski definition) is 4. The summed E-state index contributed by atoms with van der Waals surface area (Å²) in [4.78, 5) is 19.8. The van der Waals surface area contributed by atoms with E-state index in [1.165, 1.54) is 0 Å². The van der Waals surface area contributed by atoms with Crippen LogP contribution in [-0.4, -0.2) is 27.1 Å². The number of aromatic nitrogens is 2. The molecule has 3 rings (SSSR count). The van der Waals surface area contributed by atoms with Crippen molar-refractivity contribution in [3.8, 4) is 11.4 Å². The standard InChI is InChI=1S/C18H19N3O2/c22-18(23)14-4-3-5-15(10-14)20-11-13-7-8-17(21-12-13)16-6-1-2-9-19-16/h1-3,5-9,12,14-15,20H,4,10-11H2,(H,22,23)/t14-,15-/m1/s1. The average molecular weight is 309 g/mol. The number of rotatable bonds is 5. The first kappa shape index (κ1) is 15.4. The van der Waals surface area contributed by atoms with Crippen LogP contribution in [0.3, 0.4) is 0 Å². The SMILES string of the molecule is O=C(O)[C@@H]1CC=C[C@@H](NCc2ccc(-c3ccccn3)nc2)C1. The average Bonchev–Trinajstić information content (AvgIpc) is 2.61. The van der Waals surface area contributed by atoms with Crippen molar-refractivity contribution < 1.29 is 9.90 Å². The lowest BCUT2D eigenvalue weighted by Crippen LogP contribution is -2.33. The lowest BCUT2D eigenvalue weighted by molar-refractivity contribution is -0.142. The Labute approximate surface area is 135 Å². The lowest BCUT2D eigenvalue weighted by atomic mass is 9.91. The van der Waals surface area contributed by atoms with Gasteiger partial charge in [-0.25, -0.2) is 0 Å². The highest BCUT2D eigenvalue weighted by Gasteiger charge is 2.23. The zero-order chi connectivity index (χ0) is 16.1. The first-order chi connectivity index (χ1) is 11.2. The van der Waals surface area contributed by atoms with Gasteiger partial charge in [0.1, 0.15) is 0 Å². The van der Waals surface area contributed by atoms with Gasteiger partial charge >= 0.3 is 5.97 Å². The summed E-state index contributed by atoms with van der Waals surface area (Å²) in [5.41, 5.74) is 2.76. The fourth-order valence-corrected chi connectivity index (χ4v) is 2.69. The Morgan fingerprint density at radius 1 is 1.22 bits per heavy atom. The molecule has 0 radical (unpaired) electrons. The van der Waals surface area contributed by atoms with Gasteiger partial charge in [-0.15, -0.1) is 0 Å². The lowest BCUT2D eigenvalue weighted by Gasteiger charge is -2.22. The quantitative estimate of drug-likeness (QED) is 0.831. The van der Waals surface area contributed by atoms with Gasteiger partial charge in [-0.3, -0.25) is 14.8 Å². The molecular formula is C18H19N3O2. The molecule has 118 valence electrons. The Morgan fingerprint density at radius 3 is 2.78 bits per heavy atom. The molecule has 0 aliphatic heterocycles. The minimum atomic E-state index is -0.720. The molecule has 2 aromatic heterocycles. The third kappa shape index (κ3) is 4.02. The number of carboxylic acid groups (broad SMARTS) is 1. The van der Waals surface area contributed by atoms with Gasteiger partial charge in [0.2, 0.25) is 0 Å². The number of carbonyl (C=O) groups is 1. The molecule has 2 atom stereocenters. The van der Waals surface area contributed by atoms with Crippen LogP contribution in [0.5, 0.6) is 0 Å². The monoisotopic (exact) mass is 309 g/mol. The summed E-state index contributed by atoms with van der Waals surface area (Å²) in [6.07, 6.45) is 8.83. The summed E-state index contributed by atoms with van der Waals surface area (Å²) in [5, 5.41) is 12.5. The predicted octanol–water partition coefficient (Wildman–Crippen LogP) is 2.65. The van der Waals surface area contributed by atoms with Crippen molar-refractivity contribution in [1.82, 2.24) is 15.3 Å². The molecule has 5 heteroatoms. The fraction of sp³-hybridized carbons (Fsp3) is 0.278. The molecule has 0 fully saturated rings. The summed E-state index contributed by atoms with van der Waals surface area (Å²) < 4.78 is 0. The van der Waals surface area contributed by atoms with E-state index < -0.39 is 5.97 Å². The van der Waals surface area contributed by atoms with E-state index >= 15 is 0 Å². The van der Waals surface area contributed by atoms with E-state index in [0.29, 0.717) is 19.4 Å². The largest absolute Gasteiger partial charge is 0.481 e. The van der Waals surface area contributed by atoms with Crippen LogP contribution in [0.2, 0.25) is 0 Å². The molecule has 1 aliphatic rings. The molecule has 5 nitrogen and oxygen atoms in total. The molecule has 0 bridgehead atoms. The summed E-state index contributed by atoms with van der Waals surface area (Å²) in [6, 6.07) is 9.82. The summed E-state index contributed by atoms with van der Waals surface area (Å²) in [6.45, 7) is 0.664. The molecule has 23 heavy (non-hydrogen) atoms. The van der Waals surface area contributed by atoms with Gasteiger partial charge in [0, 0.05) is 25.0 Å². The van der Waals surface area contributed by atoms with Crippen molar-refractivity contribution in [2.75, 3.05) is 0 Å². The van der Waals surface area contributed by atoms with E-state index in [4.69, 9.17) is 5.11 Å². The number of hydrogen-bond donors (Lipinski definition) is 2. The number of allylic oxidation sites excluding steroid dienone is 1. The minimum Gasteiger partial charge on any atom is -0.481 e. The van der Waals surface area contributed by atoms with E-state index in [2.05, 4.69) is 21.4 Å². The third-order valence-corrected chi connectivity index (χ3v) is 4.00. The Balaban J connectivity index is 1.58. The molecular weight excluding hydrogens is 290 g/mol. The second-order valence-electron chi connectivity index (χ2n) is 5.69. The second kappa shape index (κ2) is 7.15. The fourth-order valence-electron chi connectivity index (χ4n) is 2.69. The van der Waals surface area contributed by atoms with Crippen molar-refractivity contribution >= 4 is 5.97 Å². The van der Waals surface area contributed by atoms with Crippen LogP contribution in [0.15, 0.2) is 54.9 Å². The molecule has 0 amide bonds. The molecule has 0 unspecified atom stereocenters. The second-order valence-corrected chi connectivity index (χ2v) is 5.69. The molecule has 2 N–H and O–H groups in total. The van der Waals surface area contributed by atoms with Crippen LogP contribution >= 0.6 is 0 Å². The van der Waals surface area contributed by atoms with Gasteiger partial charge in [-0.2, -0.15) is 0 Å². The van der Waals surface area contributed by atoms with Gasteiger partial charge in [0.25, 0.3) is 0 Å². The smallest absolute Gasteiger partial charge is 0.306 e. The Morgan fingerprint density at radius 2 is 2.09 bits per heavy atom. The number of pyridine rings is 2. The molecule has 0 saturated carbocycles. The van der Waals surface area contributed by atoms with Crippen LogP contribution in [-0.2, 0) is 11.3 Å². The number of aliphatic carboxylic acids is 1. The molecule has 2 heterocycles.